The van der Waals surface area contributed by atoms with Crippen LogP contribution in [0.2, 0.25) is 0 Å². The van der Waals surface area contributed by atoms with E-state index in [9.17, 15) is 0 Å². The lowest BCUT2D eigenvalue weighted by Crippen LogP contribution is -2.55. The predicted molar refractivity (Wildman–Crippen MR) is 122 cm³/mol. The van der Waals surface area contributed by atoms with Crippen LogP contribution in [0.25, 0.3) is 0 Å². The molecule has 158 valence electrons. The van der Waals surface area contributed by atoms with Crippen molar-refractivity contribution in [3.8, 4) is 23.7 Å². The van der Waals surface area contributed by atoms with Gasteiger partial charge in [0.25, 0.3) is 0 Å². The van der Waals surface area contributed by atoms with E-state index in [1.165, 1.54) is 0 Å². The fourth-order valence-corrected chi connectivity index (χ4v) is 4.07. The second kappa shape index (κ2) is 11.2. The molecule has 0 amide bonds. The van der Waals surface area contributed by atoms with Gasteiger partial charge in [-0.1, -0.05) is 25.0 Å². The van der Waals surface area contributed by atoms with E-state index in [2.05, 4.69) is 61.1 Å². The van der Waals surface area contributed by atoms with Crippen LogP contribution < -0.4 is 0 Å². The molecule has 2 heterocycles. The molecule has 0 atom stereocenters. The van der Waals surface area contributed by atoms with Gasteiger partial charge in [0.2, 0.25) is 0 Å². The number of quaternary nitrogens is 2. The van der Waals surface area contributed by atoms with Crippen LogP contribution in [0.15, 0.2) is 49.6 Å². The lowest BCUT2D eigenvalue weighted by molar-refractivity contribution is -0.923. The van der Waals surface area contributed by atoms with Crippen LogP contribution in [0.4, 0.5) is 0 Å². The highest BCUT2D eigenvalue weighted by Crippen LogP contribution is 2.12. The van der Waals surface area contributed by atoms with E-state index in [0.29, 0.717) is 0 Å². The topological polar surface area (TPSA) is 18.5 Å². The van der Waals surface area contributed by atoms with Crippen LogP contribution >= 0.6 is 0 Å². The summed E-state index contributed by atoms with van der Waals surface area (Å²) >= 11 is 0. The second-order valence-electron chi connectivity index (χ2n) is 8.24. The molecule has 1 aromatic carbocycles. The summed E-state index contributed by atoms with van der Waals surface area (Å²) in [5.41, 5.74) is 2.07. The third kappa shape index (κ3) is 6.33. The van der Waals surface area contributed by atoms with Crippen LogP contribution in [0, 0.1) is 23.7 Å². The molecule has 0 spiro atoms. The molecule has 1 aromatic rings. The van der Waals surface area contributed by atoms with Crippen LogP contribution in [-0.4, -0.2) is 87.8 Å². The number of morpholine rings is 2. The Morgan fingerprint density at radius 2 is 1.07 bits per heavy atom. The van der Waals surface area contributed by atoms with Gasteiger partial charge in [-0.15, -0.1) is 0 Å². The Hall–Kier alpha value is -2.34. The molecule has 2 saturated heterocycles. The largest absolute Gasteiger partial charge is 0.370 e. The number of hydrogen-bond donors (Lipinski definition) is 0. The van der Waals surface area contributed by atoms with Gasteiger partial charge in [0.05, 0.1) is 39.5 Å². The molecule has 0 aliphatic carbocycles. The van der Waals surface area contributed by atoms with Gasteiger partial charge in [-0.2, -0.15) is 0 Å². The van der Waals surface area contributed by atoms with E-state index in [4.69, 9.17) is 9.47 Å². The van der Waals surface area contributed by atoms with Gasteiger partial charge in [0.1, 0.15) is 39.3 Å². The van der Waals surface area contributed by atoms with E-state index < -0.39 is 0 Å². The van der Waals surface area contributed by atoms with Gasteiger partial charge in [0, 0.05) is 11.1 Å². The Labute approximate surface area is 182 Å². The summed E-state index contributed by atoms with van der Waals surface area (Å²) in [6.07, 6.45) is 4.00. The van der Waals surface area contributed by atoms with E-state index in [1.807, 2.05) is 12.2 Å². The standard InChI is InChI=1S/C26H34N2O2/c1-3-13-27(17-21-29-22-18-27)15-5-7-25-9-11-26(12-10-25)8-6-16-28(14-4-2)19-23-30-24-20-28/h3-4,9-12H,1-2,13-24H2/q+2. The van der Waals surface area contributed by atoms with Crippen molar-refractivity contribution in [3.63, 3.8) is 0 Å². The average molecular weight is 407 g/mol. The maximum atomic E-state index is 5.52. The van der Waals surface area contributed by atoms with Crippen molar-refractivity contribution >= 4 is 0 Å². The molecular weight excluding hydrogens is 372 g/mol. The number of nitrogens with zero attached hydrogens (tertiary/aromatic N) is 2. The van der Waals surface area contributed by atoms with E-state index in [0.717, 1.165) is 98.9 Å². The van der Waals surface area contributed by atoms with Crippen molar-refractivity contribution in [1.82, 2.24) is 0 Å². The number of rotatable bonds is 6. The van der Waals surface area contributed by atoms with Gasteiger partial charge in [-0.3, -0.25) is 0 Å². The summed E-state index contributed by atoms with van der Waals surface area (Å²) in [4.78, 5) is 0. The van der Waals surface area contributed by atoms with E-state index in [1.54, 1.807) is 0 Å². The van der Waals surface area contributed by atoms with Crippen molar-refractivity contribution in [3.05, 3.63) is 60.7 Å². The molecule has 0 N–H and O–H groups in total. The summed E-state index contributed by atoms with van der Waals surface area (Å²) in [5, 5.41) is 0. The van der Waals surface area contributed by atoms with Crippen LogP contribution in [-0.2, 0) is 9.47 Å². The molecule has 0 bridgehead atoms. The van der Waals surface area contributed by atoms with Crippen LogP contribution in [0.5, 0.6) is 0 Å². The molecule has 4 heteroatoms. The first kappa shape index (κ1) is 22.3. The van der Waals surface area contributed by atoms with E-state index >= 15 is 0 Å². The number of benzene rings is 1. The Kier molecular flexibility index (Phi) is 8.31. The molecule has 0 radical (unpaired) electrons. The quantitative estimate of drug-likeness (QED) is 0.411. The monoisotopic (exact) mass is 406 g/mol. The minimum absolute atomic E-state index is 0.808. The SMILES string of the molecule is C=CC[N+]1(CC#Cc2ccc(C#CC[N+]3(CC=C)CCOCC3)cc2)CCOCC1. The molecule has 0 unspecified atom stereocenters. The fourth-order valence-electron chi connectivity index (χ4n) is 4.07. The summed E-state index contributed by atoms with van der Waals surface area (Å²) in [6, 6.07) is 8.27. The molecule has 2 aliphatic heterocycles. The Morgan fingerprint density at radius 1 is 0.700 bits per heavy atom. The maximum absolute atomic E-state index is 5.52. The Balaban J connectivity index is 1.58. The summed E-state index contributed by atoms with van der Waals surface area (Å²) in [6.45, 7) is 18.7. The third-order valence-corrected chi connectivity index (χ3v) is 6.05. The molecule has 3 rings (SSSR count). The molecule has 0 saturated carbocycles. The van der Waals surface area contributed by atoms with Gasteiger partial charge >= 0.3 is 0 Å². The molecule has 0 aromatic heterocycles. The highest BCUT2D eigenvalue weighted by molar-refractivity contribution is 5.41. The number of hydrogen-bond acceptors (Lipinski definition) is 2. The lowest BCUT2D eigenvalue weighted by atomic mass is 10.1. The lowest BCUT2D eigenvalue weighted by Gasteiger charge is -2.39. The van der Waals surface area contributed by atoms with Crippen LogP contribution in [0.1, 0.15) is 11.1 Å². The van der Waals surface area contributed by atoms with E-state index in [-0.39, 0.29) is 0 Å². The first-order valence-electron chi connectivity index (χ1n) is 10.8. The Bertz CT molecular complexity index is 753. The van der Waals surface area contributed by atoms with Crippen molar-refractivity contribution < 1.29 is 18.4 Å². The van der Waals surface area contributed by atoms with Gasteiger partial charge < -0.3 is 18.4 Å². The van der Waals surface area contributed by atoms with Crippen molar-refractivity contribution in [2.75, 3.05) is 78.8 Å². The normalized spacial score (nSPS) is 19.5. The van der Waals surface area contributed by atoms with Crippen molar-refractivity contribution in [2.45, 2.75) is 0 Å². The zero-order valence-corrected chi connectivity index (χ0v) is 18.1. The molecule has 4 nitrogen and oxygen atoms in total. The zero-order valence-electron chi connectivity index (χ0n) is 18.1. The summed E-state index contributed by atoms with van der Waals surface area (Å²) in [7, 11) is 0. The fraction of sp³-hybridized carbons (Fsp3) is 0.462. The van der Waals surface area contributed by atoms with Crippen LogP contribution in [0.3, 0.4) is 0 Å². The smallest absolute Gasteiger partial charge is 0.141 e. The van der Waals surface area contributed by atoms with Crippen molar-refractivity contribution in [1.29, 1.82) is 0 Å². The first-order chi connectivity index (χ1) is 14.7. The van der Waals surface area contributed by atoms with Gasteiger partial charge in [-0.25, -0.2) is 0 Å². The molecule has 2 aliphatic rings. The first-order valence-corrected chi connectivity index (χ1v) is 10.8. The van der Waals surface area contributed by atoms with Gasteiger partial charge in [-0.05, 0) is 48.3 Å². The van der Waals surface area contributed by atoms with Gasteiger partial charge in [0.15, 0.2) is 0 Å². The summed E-state index contributed by atoms with van der Waals surface area (Å²) < 4.78 is 12.9. The van der Waals surface area contributed by atoms with Crippen molar-refractivity contribution in [2.24, 2.45) is 0 Å². The third-order valence-electron chi connectivity index (χ3n) is 6.05. The predicted octanol–water partition coefficient (Wildman–Crippen LogP) is 2.46. The maximum Gasteiger partial charge on any atom is 0.141 e. The Morgan fingerprint density at radius 3 is 1.40 bits per heavy atom. The minimum atomic E-state index is 0.808. The molecular formula is C26H34N2O2+2. The number of ether oxygens (including phenoxy) is 2. The zero-order chi connectivity index (χ0) is 21.1. The minimum Gasteiger partial charge on any atom is -0.370 e. The summed E-state index contributed by atoms with van der Waals surface area (Å²) in [5.74, 6) is 13.4. The second-order valence-corrected chi connectivity index (χ2v) is 8.24. The average Bonchev–Trinajstić information content (AvgIpc) is 2.77. The highest BCUT2D eigenvalue weighted by Gasteiger charge is 2.28. The molecule has 2 fully saturated rings. The highest BCUT2D eigenvalue weighted by atomic mass is 16.5. The molecule has 30 heavy (non-hydrogen) atoms.